The molecular weight excluding hydrogens is 344 g/mol. The van der Waals surface area contributed by atoms with Crippen molar-refractivity contribution >= 4 is 22.2 Å². The van der Waals surface area contributed by atoms with Crippen molar-refractivity contribution in [3.8, 4) is 11.1 Å². The lowest BCUT2D eigenvalue weighted by Crippen LogP contribution is -2.36. The molecule has 1 N–H and O–H groups in total. The van der Waals surface area contributed by atoms with Gasteiger partial charge in [-0.15, -0.1) is 11.3 Å². The number of nitrogens with zero attached hydrogens (tertiary/aromatic N) is 1. The first kappa shape index (κ1) is 17.6. The first-order chi connectivity index (χ1) is 12.8. The van der Waals surface area contributed by atoms with Gasteiger partial charge in [0.15, 0.2) is 0 Å². The van der Waals surface area contributed by atoms with Gasteiger partial charge >= 0.3 is 0 Å². The minimum absolute atomic E-state index is 0.0820. The van der Waals surface area contributed by atoms with Crippen LogP contribution in [0.15, 0.2) is 36.4 Å². The van der Waals surface area contributed by atoms with E-state index in [1.807, 2.05) is 6.07 Å². The van der Waals surface area contributed by atoms with Crippen LogP contribution < -0.4 is 10.2 Å². The minimum Gasteiger partial charge on any atom is -0.378 e. The summed E-state index contributed by atoms with van der Waals surface area (Å²) in [7, 11) is 0. The summed E-state index contributed by atoms with van der Waals surface area (Å²) in [6.07, 6.45) is 5.97. The molecule has 1 aliphatic heterocycles. The van der Waals surface area contributed by atoms with Crippen LogP contribution in [0, 0.1) is 0 Å². The van der Waals surface area contributed by atoms with Gasteiger partial charge in [-0.05, 0) is 24.5 Å². The van der Waals surface area contributed by atoms with Crippen LogP contribution in [0.3, 0.4) is 0 Å². The second-order valence-corrected chi connectivity index (χ2v) is 8.13. The monoisotopic (exact) mass is 370 g/mol. The number of benzene rings is 1. The predicted octanol–water partition coefficient (Wildman–Crippen LogP) is 4.31. The van der Waals surface area contributed by atoms with E-state index in [1.54, 1.807) is 11.3 Å². The molecule has 1 saturated heterocycles. The molecule has 2 aliphatic rings. The average Bonchev–Trinajstić information content (AvgIpc) is 3.16. The number of nitrogens with one attached hydrogen (secondary N) is 1. The van der Waals surface area contributed by atoms with E-state index in [1.165, 1.54) is 29.8 Å². The lowest BCUT2D eigenvalue weighted by atomic mass is 9.95. The van der Waals surface area contributed by atoms with E-state index in [-0.39, 0.29) is 5.91 Å². The van der Waals surface area contributed by atoms with Crippen LogP contribution in [0.1, 0.15) is 41.8 Å². The van der Waals surface area contributed by atoms with Gasteiger partial charge in [0.2, 0.25) is 0 Å². The minimum atomic E-state index is 0.0820. The van der Waals surface area contributed by atoms with Crippen LogP contribution in [0.2, 0.25) is 0 Å². The standard InChI is InChI=1S/C21H26N2O2S/c24-20(22-17-9-5-2-6-10-17)19-15-18(16-7-3-1-4-8-16)21(26-19)23-11-13-25-14-12-23/h1,3-4,7-8,15,17H,2,5-6,9-14H2,(H,22,24). The third-order valence-corrected chi connectivity index (χ3v) is 6.45. The molecule has 0 spiro atoms. The number of morpholine rings is 1. The third-order valence-electron chi connectivity index (χ3n) is 5.26. The molecular formula is C21H26N2O2S. The summed E-state index contributed by atoms with van der Waals surface area (Å²) >= 11 is 1.62. The first-order valence-electron chi connectivity index (χ1n) is 9.64. The van der Waals surface area contributed by atoms with E-state index in [0.29, 0.717) is 6.04 Å². The topological polar surface area (TPSA) is 41.6 Å². The zero-order valence-electron chi connectivity index (χ0n) is 15.1. The Labute approximate surface area is 159 Å². The summed E-state index contributed by atoms with van der Waals surface area (Å²) in [6.45, 7) is 3.25. The fourth-order valence-corrected chi connectivity index (χ4v) is 4.96. The van der Waals surface area contributed by atoms with Crippen molar-refractivity contribution in [2.45, 2.75) is 38.1 Å². The lowest BCUT2D eigenvalue weighted by molar-refractivity contribution is 0.0932. The predicted molar refractivity (Wildman–Crippen MR) is 107 cm³/mol. The van der Waals surface area contributed by atoms with Gasteiger partial charge in [0.25, 0.3) is 5.91 Å². The highest BCUT2D eigenvalue weighted by atomic mass is 32.1. The summed E-state index contributed by atoms with van der Waals surface area (Å²) in [5.41, 5.74) is 2.33. The number of hydrogen-bond acceptors (Lipinski definition) is 4. The van der Waals surface area contributed by atoms with Crippen LogP contribution in [0.25, 0.3) is 11.1 Å². The van der Waals surface area contributed by atoms with E-state index in [2.05, 4.69) is 40.5 Å². The largest absolute Gasteiger partial charge is 0.378 e. The van der Waals surface area contributed by atoms with Crippen molar-refractivity contribution in [1.29, 1.82) is 0 Å². The van der Waals surface area contributed by atoms with Crippen molar-refractivity contribution in [1.82, 2.24) is 5.32 Å². The fourth-order valence-electron chi connectivity index (χ4n) is 3.82. The zero-order chi connectivity index (χ0) is 17.8. The Bertz CT molecular complexity index is 732. The maximum Gasteiger partial charge on any atom is 0.261 e. The van der Waals surface area contributed by atoms with Crippen LogP contribution in [-0.4, -0.2) is 38.3 Å². The number of amides is 1. The maximum absolute atomic E-state index is 12.8. The highest BCUT2D eigenvalue weighted by molar-refractivity contribution is 7.18. The summed E-state index contributed by atoms with van der Waals surface area (Å²) in [4.78, 5) is 16.0. The molecule has 1 aromatic heterocycles. The molecule has 2 fully saturated rings. The van der Waals surface area contributed by atoms with Gasteiger partial charge < -0.3 is 15.0 Å². The molecule has 0 unspecified atom stereocenters. The van der Waals surface area contributed by atoms with Crippen molar-refractivity contribution in [3.63, 3.8) is 0 Å². The quantitative estimate of drug-likeness (QED) is 0.872. The van der Waals surface area contributed by atoms with Crippen LogP contribution in [0.4, 0.5) is 5.00 Å². The first-order valence-corrected chi connectivity index (χ1v) is 10.5. The van der Waals surface area contributed by atoms with Gasteiger partial charge in [-0.25, -0.2) is 0 Å². The van der Waals surface area contributed by atoms with E-state index in [9.17, 15) is 4.79 Å². The average molecular weight is 371 g/mol. The highest BCUT2D eigenvalue weighted by Gasteiger charge is 2.23. The second-order valence-electron chi connectivity index (χ2n) is 7.10. The Morgan fingerprint density at radius 1 is 1.08 bits per heavy atom. The molecule has 5 heteroatoms. The van der Waals surface area contributed by atoms with Gasteiger partial charge in [-0.3, -0.25) is 4.79 Å². The third kappa shape index (κ3) is 3.94. The number of carbonyl (C=O) groups is 1. The Morgan fingerprint density at radius 3 is 2.54 bits per heavy atom. The van der Waals surface area contributed by atoms with Crippen LogP contribution >= 0.6 is 11.3 Å². The number of thiophene rings is 1. The van der Waals surface area contributed by atoms with Crippen molar-refractivity contribution < 1.29 is 9.53 Å². The Kier molecular flexibility index (Phi) is 5.56. The van der Waals surface area contributed by atoms with E-state index >= 15 is 0 Å². The normalized spacial score (nSPS) is 18.7. The Balaban J connectivity index is 1.60. The molecule has 26 heavy (non-hydrogen) atoms. The molecule has 138 valence electrons. The molecule has 2 aromatic rings. The summed E-state index contributed by atoms with van der Waals surface area (Å²) in [6, 6.07) is 12.8. The fraction of sp³-hybridized carbons (Fsp3) is 0.476. The SMILES string of the molecule is O=C(NC1CCCCC1)c1cc(-c2ccccc2)c(N2CCOCC2)s1. The van der Waals surface area contributed by atoms with Crippen molar-refractivity contribution in [2.24, 2.45) is 0 Å². The Morgan fingerprint density at radius 2 is 1.81 bits per heavy atom. The summed E-state index contributed by atoms with van der Waals surface area (Å²) in [5.74, 6) is 0.0820. The van der Waals surface area contributed by atoms with E-state index in [0.717, 1.165) is 49.6 Å². The number of carbonyl (C=O) groups excluding carboxylic acids is 1. The number of hydrogen-bond donors (Lipinski definition) is 1. The molecule has 4 nitrogen and oxygen atoms in total. The molecule has 1 saturated carbocycles. The number of anilines is 1. The van der Waals surface area contributed by atoms with E-state index < -0.39 is 0 Å². The zero-order valence-corrected chi connectivity index (χ0v) is 15.9. The lowest BCUT2D eigenvalue weighted by Gasteiger charge is -2.28. The van der Waals surface area contributed by atoms with Crippen molar-refractivity contribution in [2.75, 3.05) is 31.2 Å². The summed E-state index contributed by atoms with van der Waals surface area (Å²) in [5, 5.41) is 4.45. The van der Waals surface area contributed by atoms with Gasteiger partial charge in [-0.1, -0.05) is 49.6 Å². The number of ether oxygens (including phenoxy) is 1. The smallest absolute Gasteiger partial charge is 0.261 e. The second kappa shape index (κ2) is 8.23. The van der Waals surface area contributed by atoms with Gasteiger partial charge in [0, 0.05) is 24.7 Å². The van der Waals surface area contributed by atoms with Crippen molar-refractivity contribution in [3.05, 3.63) is 41.3 Å². The van der Waals surface area contributed by atoms with Crippen LogP contribution in [0.5, 0.6) is 0 Å². The molecule has 1 amide bonds. The van der Waals surface area contributed by atoms with Crippen LogP contribution in [-0.2, 0) is 4.74 Å². The molecule has 1 aliphatic carbocycles. The maximum atomic E-state index is 12.8. The highest BCUT2D eigenvalue weighted by Crippen LogP contribution is 2.39. The molecule has 0 atom stereocenters. The molecule has 1 aromatic carbocycles. The van der Waals surface area contributed by atoms with Gasteiger partial charge in [0.05, 0.1) is 23.1 Å². The van der Waals surface area contributed by atoms with E-state index in [4.69, 9.17) is 4.74 Å². The molecule has 0 bridgehead atoms. The van der Waals surface area contributed by atoms with Gasteiger partial charge in [0.1, 0.15) is 0 Å². The van der Waals surface area contributed by atoms with Gasteiger partial charge in [-0.2, -0.15) is 0 Å². The molecule has 4 rings (SSSR count). The number of rotatable bonds is 4. The molecule has 2 heterocycles. The summed E-state index contributed by atoms with van der Waals surface area (Å²) < 4.78 is 5.51. The molecule has 0 radical (unpaired) electrons. The Hall–Kier alpha value is -1.85.